The van der Waals surface area contributed by atoms with Gasteiger partial charge in [0.15, 0.2) is 5.82 Å². The fourth-order valence-corrected chi connectivity index (χ4v) is 3.13. The summed E-state index contributed by atoms with van der Waals surface area (Å²) in [5.41, 5.74) is 2.15. The lowest BCUT2D eigenvalue weighted by Gasteiger charge is -2.08. The number of anilines is 3. The molecule has 2 atom stereocenters. The minimum Gasteiger partial charge on any atom is -0.350 e. The topological polar surface area (TPSA) is 107 Å². The van der Waals surface area contributed by atoms with Crippen molar-refractivity contribution in [1.29, 1.82) is 0 Å². The lowest BCUT2D eigenvalue weighted by molar-refractivity contribution is 0.466. The smallest absolute Gasteiger partial charge is 0.224 e. The Balaban J connectivity index is 1.29. The SMILES string of the molecule is Fc1cc(CNc2nccc(Nc3cc([C@H]4C[C@@H]4F)[nH]n3)n2)c2cn[nH]c2c1. The van der Waals surface area contributed by atoms with Crippen molar-refractivity contribution in [1.82, 2.24) is 30.4 Å². The van der Waals surface area contributed by atoms with Gasteiger partial charge in [0.2, 0.25) is 5.95 Å². The summed E-state index contributed by atoms with van der Waals surface area (Å²) < 4.78 is 26.9. The number of hydrogen-bond donors (Lipinski definition) is 4. The standard InChI is InChI=1S/C18H16F2N8/c19-10-3-9(12-8-23-26-14(12)4-10)7-22-18-21-2-1-16(25-18)24-17-6-15(27-28-17)11-5-13(11)20/h1-4,6,8,11,13H,5,7H2,(H,23,26)(H3,21,22,24,25,27,28)/t11-,13-/m0/s1. The van der Waals surface area contributed by atoms with E-state index in [1.54, 1.807) is 24.5 Å². The molecule has 0 unspecified atom stereocenters. The largest absolute Gasteiger partial charge is 0.350 e. The van der Waals surface area contributed by atoms with Crippen molar-refractivity contribution in [2.45, 2.75) is 25.1 Å². The van der Waals surface area contributed by atoms with E-state index >= 15 is 0 Å². The summed E-state index contributed by atoms with van der Waals surface area (Å²) in [6.45, 7) is 0.337. The molecule has 142 valence electrons. The van der Waals surface area contributed by atoms with E-state index in [0.29, 0.717) is 36.1 Å². The third-order valence-corrected chi connectivity index (χ3v) is 4.67. The Morgan fingerprint density at radius 1 is 1.18 bits per heavy atom. The first-order chi connectivity index (χ1) is 13.7. The van der Waals surface area contributed by atoms with Crippen LogP contribution in [0.1, 0.15) is 23.6 Å². The van der Waals surface area contributed by atoms with E-state index in [1.807, 2.05) is 0 Å². The molecule has 3 aromatic heterocycles. The Morgan fingerprint density at radius 3 is 2.93 bits per heavy atom. The summed E-state index contributed by atoms with van der Waals surface area (Å²) in [7, 11) is 0. The molecular formula is C18H16F2N8. The van der Waals surface area contributed by atoms with Gasteiger partial charge in [-0.3, -0.25) is 10.2 Å². The van der Waals surface area contributed by atoms with E-state index in [9.17, 15) is 8.78 Å². The van der Waals surface area contributed by atoms with Gasteiger partial charge in [-0.1, -0.05) is 0 Å². The molecule has 0 bridgehead atoms. The normalized spacial score (nSPS) is 18.4. The fourth-order valence-electron chi connectivity index (χ4n) is 3.13. The Kier molecular flexibility index (Phi) is 3.89. The number of H-pyrrole nitrogens is 2. The van der Waals surface area contributed by atoms with E-state index < -0.39 is 6.17 Å². The van der Waals surface area contributed by atoms with Crippen LogP contribution in [0.25, 0.3) is 10.9 Å². The molecule has 1 aliphatic carbocycles. The average molecular weight is 382 g/mol. The quantitative estimate of drug-likeness (QED) is 0.407. The highest BCUT2D eigenvalue weighted by atomic mass is 19.1. The van der Waals surface area contributed by atoms with Gasteiger partial charge in [0.25, 0.3) is 0 Å². The van der Waals surface area contributed by atoms with Gasteiger partial charge in [0.05, 0.1) is 11.7 Å². The second-order valence-electron chi connectivity index (χ2n) is 6.71. The molecule has 0 aliphatic heterocycles. The van der Waals surface area contributed by atoms with Crippen molar-refractivity contribution in [3.8, 4) is 0 Å². The highest BCUT2D eigenvalue weighted by Crippen LogP contribution is 2.43. The number of halogens is 2. The number of rotatable bonds is 6. The van der Waals surface area contributed by atoms with Crippen LogP contribution in [0, 0.1) is 5.82 Å². The van der Waals surface area contributed by atoms with Crippen LogP contribution in [0.3, 0.4) is 0 Å². The maximum absolute atomic E-state index is 13.7. The molecule has 0 radical (unpaired) electrons. The Hall–Kier alpha value is -3.56. The van der Waals surface area contributed by atoms with Gasteiger partial charge in [0.1, 0.15) is 17.8 Å². The molecule has 0 saturated heterocycles. The van der Waals surface area contributed by atoms with Crippen LogP contribution in [0.2, 0.25) is 0 Å². The number of benzene rings is 1. The molecule has 5 rings (SSSR count). The van der Waals surface area contributed by atoms with Crippen LogP contribution in [-0.2, 0) is 6.54 Å². The summed E-state index contributed by atoms with van der Waals surface area (Å²) >= 11 is 0. The van der Waals surface area contributed by atoms with Crippen molar-refractivity contribution in [2.24, 2.45) is 0 Å². The van der Waals surface area contributed by atoms with Gasteiger partial charge in [-0.15, -0.1) is 0 Å². The number of fused-ring (bicyclic) bond motifs is 1. The summed E-state index contributed by atoms with van der Waals surface area (Å²) in [5.74, 6) is 1.05. The van der Waals surface area contributed by atoms with Crippen LogP contribution in [0.5, 0.6) is 0 Å². The van der Waals surface area contributed by atoms with Gasteiger partial charge in [-0.25, -0.2) is 13.8 Å². The number of nitrogens with one attached hydrogen (secondary N) is 4. The first kappa shape index (κ1) is 16.6. The Labute approximate surface area is 157 Å². The van der Waals surface area contributed by atoms with Crippen LogP contribution in [-0.4, -0.2) is 36.5 Å². The van der Waals surface area contributed by atoms with Crippen molar-refractivity contribution in [2.75, 3.05) is 10.6 Å². The van der Waals surface area contributed by atoms with Crippen molar-refractivity contribution in [3.63, 3.8) is 0 Å². The lowest BCUT2D eigenvalue weighted by Crippen LogP contribution is -2.05. The zero-order valence-corrected chi connectivity index (χ0v) is 14.6. The van der Waals surface area contributed by atoms with Crippen LogP contribution >= 0.6 is 0 Å². The summed E-state index contributed by atoms with van der Waals surface area (Å²) in [5, 5.41) is 20.7. The van der Waals surface area contributed by atoms with Gasteiger partial charge in [0, 0.05) is 35.8 Å². The molecule has 1 saturated carbocycles. The predicted molar refractivity (Wildman–Crippen MR) is 99.5 cm³/mol. The molecule has 0 spiro atoms. The molecular weight excluding hydrogens is 366 g/mol. The lowest BCUT2D eigenvalue weighted by atomic mass is 10.1. The molecule has 0 amide bonds. The molecule has 3 heterocycles. The van der Waals surface area contributed by atoms with E-state index in [-0.39, 0.29) is 11.7 Å². The van der Waals surface area contributed by atoms with Crippen molar-refractivity contribution in [3.05, 3.63) is 53.7 Å². The molecule has 1 fully saturated rings. The van der Waals surface area contributed by atoms with Gasteiger partial charge in [-0.05, 0) is 30.2 Å². The number of alkyl halides is 1. The second kappa shape index (κ2) is 6.55. The molecule has 1 aromatic carbocycles. The minimum atomic E-state index is -0.785. The van der Waals surface area contributed by atoms with E-state index in [4.69, 9.17) is 0 Å². The number of nitrogens with zero attached hydrogens (tertiary/aromatic N) is 4. The molecule has 10 heteroatoms. The first-order valence-corrected chi connectivity index (χ1v) is 8.80. The van der Waals surface area contributed by atoms with Gasteiger partial charge < -0.3 is 10.6 Å². The Morgan fingerprint density at radius 2 is 2.07 bits per heavy atom. The van der Waals surface area contributed by atoms with Crippen LogP contribution in [0.4, 0.5) is 26.4 Å². The van der Waals surface area contributed by atoms with E-state index in [0.717, 1.165) is 16.6 Å². The zero-order valence-electron chi connectivity index (χ0n) is 14.6. The van der Waals surface area contributed by atoms with Crippen LogP contribution < -0.4 is 10.6 Å². The van der Waals surface area contributed by atoms with Crippen molar-refractivity contribution >= 4 is 28.5 Å². The summed E-state index contributed by atoms with van der Waals surface area (Å²) in [6, 6.07) is 6.33. The number of aromatic amines is 2. The third-order valence-electron chi connectivity index (χ3n) is 4.67. The highest BCUT2D eigenvalue weighted by molar-refractivity contribution is 5.81. The summed E-state index contributed by atoms with van der Waals surface area (Å²) in [4.78, 5) is 8.56. The monoisotopic (exact) mass is 382 g/mol. The fraction of sp³-hybridized carbons (Fsp3) is 0.222. The predicted octanol–water partition coefficient (Wildman–Crippen LogP) is 3.40. The molecule has 4 N–H and O–H groups in total. The maximum Gasteiger partial charge on any atom is 0.224 e. The van der Waals surface area contributed by atoms with Crippen molar-refractivity contribution < 1.29 is 8.78 Å². The second-order valence-corrected chi connectivity index (χ2v) is 6.71. The molecule has 4 aromatic rings. The minimum absolute atomic E-state index is 0.0864. The number of hydrogen-bond acceptors (Lipinski definition) is 6. The first-order valence-electron chi connectivity index (χ1n) is 8.80. The van der Waals surface area contributed by atoms with Gasteiger partial charge >= 0.3 is 0 Å². The number of aromatic nitrogens is 6. The zero-order chi connectivity index (χ0) is 19.1. The van der Waals surface area contributed by atoms with E-state index in [1.165, 1.54) is 12.1 Å². The van der Waals surface area contributed by atoms with Crippen LogP contribution in [0.15, 0.2) is 36.7 Å². The molecule has 8 nitrogen and oxygen atoms in total. The van der Waals surface area contributed by atoms with E-state index in [2.05, 4.69) is 41.0 Å². The molecule has 28 heavy (non-hydrogen) atoms. The highest BCUT2D eigenvalue weighted by Gasteiger charge is 2.40. The Bertz CT molecular complexity index is 1140. The molecule has 1 aliphatic rings. The average Bonchev–Trinajstić information content (AvgIpc) is 3.07. The third kappa shape index (κ3) is 3.24. The summed E-state index contributed by atoms with van der Waals surface area (Å²) in [6.07, 6.45) is 3.00. The maximum atomic E-state index is 13.7. The van der Waals surface area contributed by atoms with Gasteiger partial charge in [-0.2, -0.15) is 15.2 Å².